The number of aliphatic hydroxyl groups is 1. The lowest BCUT2D eigenvalue weighted by Gasteiger charge is -2.18. The number of carboxylic acid groups (broad SMARTS) is 3. The van der Waals surface area contributed by atoms with E-state index < -0.39 is 46.5 Å². The second-order valence-corrected chi connectivity index (χ2v) is 4.68. The lowest BCUT2D eigenvalue weighted by molar-refractivity contribution is -0.170. The van der Waals surface area contributed by atoms with E-state index in [2.05, 4.69) is 0 Å². The molecular weight excluding hydrogens is 276 g/mol. The summed E-state index contributed by atoms with van der Waals surface area (Å²) in [5, 5.41) is 33.8. The van der Waals surface area contributed by atoms with Gasteiger partial charge in [-0.2, -0.15) is 8.42 Å². The molecule has 0 amide bonds. The normalized spacial score (nSPS) is 11.1. The van der Waals surface area contributed by atoms with E-state index in [4.69, 9.17) is 25.0 Å². The number of aliphatic carboxylic acids is 3. The molecule has 0 aromatic carbocycles. The van der Waals surface area contributed by atoms with Crippen molar-refractivity contribution in [2.75, 3.05) is 6.26 Å². The predicted molar refractivity (Wildman–Crippen MR) is 54.6 cm³/mol. The molecule has 106 valence electrons. The van der Waals surface area contributed by atoms with Crippen LogP contribution in [0.5, 0.6) is 0 Å². The Labute approximate surface area is 101 Å². The first-order chi connectivity index (χ1) is 7.78. The summed E-state index contributed by atoms with van der Waals surface area (Å²) in [5.74, 6) is -5.02. The largest absolute Gasteiger partial charge is 0.481 e. The molecule has 0 heterocycles. The van der Waals surface area contributed by atoms with E-state index in [1.807, 2.05) is 0 Å². The quantitative estimate of drug-likeness (QED) is 0.363. The Morgan fingerprint density at radius 1 is 1.00 bits per heavy atom. The Morgan fingerprint density at radius 3 is 1.33 bits per heavy atom. The summed E-state index contributed by atoms with van der Waals surface area (Å²) in [6, 6.07) is 0. The third-order valence-corrected chi connectivity index (χ3v) is 1.29. The van der Waals surface area contributed by atoms with Crippen molar-refractivity contribution in [3.05, 3.63) is 0 Å². The fourth-order valence-corrected chi connectivity index (χ4v) is 0.714. The Kier molecular flexibility index (Phi) is 7.13. The van der Waals surface area contributed by atoms with E-state index in [1.165, 1.54) is 0 Å². The fraction of sp³-hybridized carbons (Fsp3) is 0.571. The van der Waals surface area contributed by atoms with Crippen LogP contribution in [-0.2, 0) is 24.5 Å². The second-order valence-electron chi connectivity index (χ2n) is 3.21. The van der Waals surface area contributed by atoms with Crippen molar-refractivity contribution < 1.29 is 47.8 Å². The smallest absolute Gasteiger partial charge is 0.336 e. The van der Waals surface area contributed by atoms with Crippen molar-refractivity contribution in [3.63, 3.8) is 0 Å². The molecular formula is C7H12O10S. The van der Waals surface area contributed by atoms with Crippen molar-refractivity contribution in [3.8, 4) is 0 Å². The minimum absolute atomic E-state index is 0.715. The van der Waals surface area contributed by atoms with Crippen LogP contribution in [0.2, 0.25) is 0 Å². The summed E-state index contributed by atoms with van der Waals surface area (Å²) in [6.45, 7) is 0. The third kappa shape index (κ3) is 12.4. The maximum atomic E-state index is 10.3. The fourth-order valence-electron chi connectivity index (χ4n) is 0.714. The number of carbonyl (C=O) groups is 3. The van der Waals surface area contributed by atoms with E-state index in [0.29, 0.717) is 6.26 Å². The van der Waals surface area contributed by atoms with Crippen LogP contribution in [-0.4, -0.2) is 63.2 Å². The number of hydrogen-bond donors (Lipinski definition) is 5. The summed E-state index contributed by atoms with van der Waals surface area (Å²) in [4.78, 5) is 30.5. The molecule has 5 N–H and O–H groups in total. The molecule has 0 fully saturated rings. The molecule has 0 saturated heterocycles. The van der Waals surface area contributed by atoms with Gasteiger partial charge in [0.1, 0.15) is 0 Å². The van der Waals surface area contributed by atoms with Crippen molar-refractivity contribution in [1.82, 2.24) is 0 Å². The van der Waals surface area contributed by atoms with Gasteiger partial charge >= 0.3 is 17.9 Å². The maximum absolute atomic E-state index is 10.3. The Bertz CT molecular complexity index is 398. The zero-order valence-corrected chi connectivity index (χ0v) is 9.92. The summed E-state index contributed by atoms with van der Waals surface area (Å²) >= 11 is 0. The molecule has 0 rings (SSSR count). The topological polar surface area (TPSA) is 186 Å². The maximum Gasteiger partial charge on any atom is 0.336 e. The van der Waals surface area contributed by atoms with Crippen LogP contribution in [0.1, 0.15) is 12.8 Å². The lowest BCUT2D eigenvalue weighted by Crippen LogP contribution is -2.42. The lowest BCUT2D eigenvalue weighted by atomic mass is 9.96. The highest BCUT2D eigenvalue weighted by Gasteiger charge is 2.40. The van der Waals surface area contributed by atoms with Crippen LogP contribution in [0, 0.1) is 0 Å². The van der Waals surface area contributed by atoms with Crippen molar-refractivity contribution in [2.24, 2.45) is 0 Å². The molecule has 0 aliphatic carbocycles. The minimum atomic E-state index is -3.67. The first kappa shape index (κ1) is 18.6. The van der Waals surface area contributed by atoms with E-state index in [9.17, 15) is 22.8 Å². The van der Waals surface area contributed by atoms with Crippen LogP contribution in [0.15, 0.2) is 0 Å². The van der Waals surface area contributed by atoms with Gasteiger partial charge in [-0.1, -0.05) is 0 Å². The Hall–Kier alpha value is -1.72. The average molecular weight is 288 g/mol. The SMILES string of the molecule is CS(=O)(=O)O.O=C(O)CC(O)(CC(=O)O)C(=O)O. The van der Waals surface area contributed by atoms with Crippen LogP contribution in [0.4, 0.5) is 0 Å². The van der Waals surface area contributed by atoms with Gasteiger partial charge in [-0.3, -0.25) is 14.1 Å². The number of hydrogen-bond acceptors (Lipinski definition) is 6. The van der Waals surface area contributed by atoms with E-state index in [0.717, 1.165) is 0 Å². The van der Waals surface area contributed by atoms with Crippen LogP contribution < -0.4 is 0 Å². The summed E-state index contributed by atoms with van der Waals surface area (Å²) < 4.78 is 25.9. The van der Waals surface area contributed by atoms with Gasteiger partial charge < -0.3 is 20.4 Å². The van der Waals surface area contributed by atoms with Gasteiger partial charge in [-0.25, -0.2) is 4.79 Å². The molecule has 0 spiro atoms. The monoisotopic (exact) mass is 288 g/mol. The molecule has 0 radical (unpaired) electrons. The third-order valence-electron chi connectivity index (χ3n) is 1.29. The summed E-state index contributed by atoms with van der Waals surface area (Å²) in [7, 11) is -3.67. The zero-order chi connectivity index (χ0) is 15.1. The Balaban J connectivity index is 0. The van der Waals surface area contributed by atoms with Gasteiger partial charge in [-0.05, 0) is 0 Å². The van der Waals surface area contributed by atoms with E-state index in [1.54, 1.807) is 0 Å². The first-order valence-electron chi connectivity index (χ1n) is 4.10. The molecule has 0 saturated carbocycles. The highest BCUT2D eigenvalue weighted by Crippen LogP contribution is 2.15. The van der Waals surface area contributed by atoms with Crippen LogP contribution in [0.25, 0.3) is 0 Å². The summed E-state index contributed by atoms with van der Waals surface area (Å²) in [6.07, 6.45) is -1.57. The molecule has 0 aromatic rings. The first-order valence-corrected chi connectivity index (χ1v) is 5.94. The Morgan fingerprint density at radius 2 is 1.22 bits per heavy atom. The number of rotatable bonds is 5. The number of carboxylic acids is 3. The van der Waals surface area contributed by atoms with Crippen LogP contribution >= 0.6 is 0 Å². The molecule has 10 nitrogen and oxygen atoms in total. The highest BCUT2D eigenvalue weighted by atomic mass is 32.2. The highest BCUT2D eigenvalue weighted by molar-refractivity contribution is 7.85. The molecule has 0 aliphatic heterocycles. The van der Waals surface area contributed by atoms with Crippen molar-refractivity contribution >= 4 is 28.0 Å². The summed E-state index contributed by atoms with van der Waals surface area (Å²) in [5.41, 5.74) is -2.74. The van der Waals surface area contributed by atoms with Gasteiger partial charge in [0, 0.05) is 0 Å². The van der Waals surface area contributed by atoms with Gasteiger partial charge in [0.15, 0.2) is 5.60 Å². The van der Waals surface area contributed by atoms with Gasteiger partial charge in [0.25, 0.3) is 10.1 Å². The molecule has 18 heavy (non-hydrogen) atoms. The standard InChI is InChI=1S/C6H8O7.CH4O3S/c7-3(8)1-6(13,5(11)12)2-4(9)10;1-5(2,3)4/h13H,1-2H2,(H,7,8)(H,9,10)(H,11,12);1H3,(H,2,3,4). The van der Waals surface area contributed by atoms with E-state index >= 15 is 0 Å². The second kappa shape index (κ2) is 6.88. The van der Waals surface area contributed by atoms with Crippen molar-refractivity contribution in [1.29, 1.82) is 0 Å². The molecule has 11 heteroatoms. The molecule has 0 atom stereocenters. The molecule has 0 bridgehead atoms. The molecule has 0 aromatic heterocycles. The van der Waals surface area contributed by atoms with Gasteiger partial charge in [0.05, 0.1) is 19.1 Å². The molecule has 0 aliphatic rings. The van der Waals surface area contributed by atoms with Crippen molar-refractivity contribution in [2.45, 2.75) is 18.4 Å². The van der Waals surface area contributed by atoms with Gasteiger partial charge in [0.2, 0.25) is 0 Å². The minimum Gasteiger partial charge on any atom is -0.481 e. The average Bonchev–Trinajstić information content (AvgIpc) is 1.95. The molecule has 0 unspecified atom stereocenters. The predicted octanol–water partition coefficient (Wildman–Crippen LogP) is -1.74. The van der Waals surface area contributed by atoms with Gasteiger partial charge in [-0.15, -0.1) is 0 Å². The zero-order valence-electron chi connectivity index (χ0n) is 9.10. The van der Waals surface area contributed by atoms with Crippen LogP contribution in [0.3, 0.4) is 0 Å². The van der Waals surface area contributed by atoms with E-state index in [-0.39, 0.29) is 0 Å².